The third kappa shape index (κ3) is 3.34. The van der Waals surface area contributed by atoms with Gasteiger partial charge in [0.05, 0.1) is 11.4 Å². The summed E-state index contributed by atoms with van der Waals surface area (Å²) in [6, 6.07) is 23.7. The highest BCUT2D eigenvalue weighted by molar-refractivity contribution is 7.98. The number of benzene rings is 3. The maximum Gasteiger partial charge on any atom is 0.214 e. The van der Waals surface area contributed by atoms with Crippen molar-refractivity contribution in [1.29, 1.82) is 0 Å². The molecule has 5 rings (SSSR count). The molecule has 29 heavy (non-hydrogen) atoms. The standard InChI is InChI=1S/C24H16FN3S/c1-29-24-26-10-9-21(28-24)18-13-22(27-23(25)14-18)19-8-4-7-17-11-15-5-2-3-6-16(15)12-20(17)19/h2-14H,1H3. The summed E-state index contributed by atoms with van der Waals surface area (Å²) in [7, 11) is 0. The maximum absolute atomic E-state index is 14.5. The van der Waals surface area contributed by atoms with Gasteiger partial charge < -0.3 is 0 Å². The fourth-order valence-electron chi connectivity index (χ4n) is 3.57. The first kappa shape index (κ1) is 17.8. The number of halogens is 1. The van der Waals surface area contributed by atoms with E-state index in [1.807, 2.05) is 36.6 Å². The largest absolute Gasteiger partial charge is 0.231 e. The van der Waals surface area contributed by atoms with Gasteiger partial charge in [0.1, 0.15) is 0 Å². The molecule has 0 aliphatic rings. The lowest BCUT2D eigenvalue weighted by molar-refractivity contribution is 0.586. The minimum Gasteiger partial charge on any atom is -0.231 e. The smallest absolute Gasteiger partial charge is 0.214 e. The Balaban J connectivity index is 1.72. The molecule has 0 N–H and O–H groups in total. The molecular weight excluding hydrogens is 381 g/mol. The number of hydrogen-bond donors (Lipinski definition) is 0. The van der Waals surface area contributed by atoms with Gasteiger partial charge in [-0.3, -0.25) is 0 Å². The number of nitrogens with zero attached hydrogens (tertiary/aromatic N) is 3. The summed E-state index contributed by atoms with van der Waals surface area (Å²) >= 11 is 1.45. The lowest BCUT2D eigenvalue weighted by Gasteiger charge is -2.10. The lowest BCUT2D eigenvalue weighted by atomic mass is 9.97. The zero-order valence-electron chi connectivity index (χ0n) is 15.6. The highest BCUT2D eigenvalue weighted by Gasteiger charge is 2.12. The van der Waals surface area contributed by atoms with Crippen LogP contribution < -0.4 is 0 Å². The highest BCUT2D eigenvalue weighted by Crippen LogP contribution is 2.33. The van der Waals surface area contributed by atoms with Gasteiger partial charge in [-0.15, -0.1) is 0 Å². The van der Waals surface area contributed by atoms with Crippen LogP contribution in [0, 0.1) is 5.95 Å². The molecule has 0 unspecified atom stereocenters. The van der Waals surface area contributed by atoms with E-state index in [-0.39, 0.29) is 0 Å². The minimum absolute atomic E-state index is 0.528. The summed E-state index contributed by atoms with van der Waals surface area (Å²) in [5, 5.41) is 5.11. The van der Waals surface area contributed by atoms with E-state index in [9.17, 15) is 4.39 Å². The minimum atomic E-state index is -0.528. The second-order valence-electron chi connectivity index (χ2n) is 6.72. The van der Waals surface area contributed by atoms with E-state index < -0.39 is 5.95 Å². The van der Waals surface area contributed by atoms with Gasteiger partial charge >= 0.3 is 0 Å². The second-order valence-corrected chi connectivity index (χ2v) is 7.49. The molecule has 2 aromatic heterocycles. The first-order valence-corrected chi connectivity index (χ1v) is 10.4. The summed E-state index contributed by atoms with van der Waals surface area (Å²) in [5.74, 6) is -0.528. The zero-order valence-corrected chi connectivity index (χ0v) is 16.4. The summed E-state index contributed by atoms with van der Waals surface area (Å²) in [4.78, 5) is 12.9. The number of fused-ring (bicyclic) bond motifs is 2. The van der Waals surface area contributed by atoms with Crippen molar-refractivity contribution in [2.75, 3.05) is 6.26 Å². The second kappa shape index (κ2) is 7.26. The molecule has 0 spiro atoms. The summed E-state index contributed by atoms with van der Waals surface area (Å²) in [6.07, 6.45) is 3.61. The van der Waals surface area contributed by atoms with E-state index >= 15 is 0 Å². The molecule has 0 saturated heterocycles. The first-order chi connectivity index (χ1) is 14.2. The summed E-state index contributed by atoms with van der Waals surface area (Å²) < 4.78 is 14.5. The Morgan fingerprint density at radius 1 is 0.759 bits per heavy atom. The number of hydrogen-bond acceptors (Lipinski definition) is 4. The van der Waals surface area contributed by atoms with Gasteiger partial charge in [-0.05, 0) is 52.1 Å². The Kier molecular flexibility index (Phi) is 4.45. The molecule has 5 aromatic rings. The Morgan fingerprint density at radius 3 is 2.38 bits per heavy atom. The molecule has 0 saturated carbocycles. The molecule has 0 bridgehead atoms. The van der Waals surface area contributed by atoms with Crippen LogP contribution in [0.25, 0.3) is 44.1 Å². The van der Waals surface area contributed by atoms with E-state index in [1.54, 1.807) is 12.3 Å². The van der Waals surface area contributed by atoms with Crippen LogP contribution >= 0.6 is 11.8 Å². The highest BCUT2D eigenvalue weighted by atomic mass is 32.2. The van der Waals surface area contributed by atoms with Gasteiger partial charge in [-0.2, -0.15) is 4.39 Å². The predicted molar refractivity (Wildman–Crippen MR) is 117 cm³/mol. The molecular formula is C24H16FN3S. The van der Waals surface area contributed by atoms with Crippen molar-refractivity contribution in [3.63, 3.8) is 0 Å². The molecule has 0 amide bonds. The number of rotatable bonds is 3. The van der Waals surface area contributed by atoms with Crippen LogP contribution in [-0.2, 0) is 0 Å². The lowest BCUT2D eigenvalue weighted by Crippen LogP contribution is -1.94. The average Bonchev–Trinajstić information content (AvgIpc) is 2.77. The van der Waals surface area contributed by atoms with Gasteiger partial charge in [-0.25, -0.2) is 15.0 Å². The van der Waals surface area contributed by atoms with Crippen molar-refractivity contribution in [1.82, 2.24) is 15.0 Å². The number of aromatic nitrogens is 3. The Bertz CT molecular complexity index is 1370. The van der Waals surface area contributed by atoms with Crippen LogP contribution in [0.4, 0.5) is 4.39 Å². The van der Waals surface area contributed by atoms with Crippen LogP contribution in [-0.4, -0.2) is 21.2 Å². The van der Waals surface area contributed by atoms with Crippen molar-refractivity contribution in [3.05, 3.63) is 84.9 Å². The Labute approximate surface area is 171 Å². The van der Waals surface area contributed by atoms with Crippen molar-refractivity contribution >= 4 is 33.3 Å². The van der Waals surface area contributed by atoms with Crippen molar-refractivity contribution in [2.24, 2.45) is 0 Å². The maximum atomic E-state index is 14.5. The number of pyridine rings is 1. The van der Waals surface area contributed by atoms with Crippen molar-refractivity contribution in [3.8, 4) is 22.5 Å². The van der Waals surface area contributed by atoms with Crippen molar-refractivity contribution < 1.29 is 4.39 Å². The monoisotopic (exact) mass is 397 g/mol. The van der Waals surface area contributed by atoms with E-state index in [0.717, 1.165) is 21.7 Å². The van der Waals surface area contributed by atoms with Gasteiger partial charge in [-0.1, -0.05) is 54.2 Å². The number of thioether (sulfide) groups is 1. The molecule has 5 heteroatoms. The molecule has 0 aliphatic carbocycles. The SMILES string of the molecule is CSc1nccc(-c2cc(F)nc(-c3cccc4cc5ccccc5cc34)c2)n1. The molecule has 3 nitrogen and oxygen atoms in total. The van der Waals surface area contributed by atoms with Crippen LogP contribution in [0.2, 0.25) is 0 Å². The zero-order chi connectivity index (χ0) is 19.8. The van der Waals surface area contributed by atoms with Gasteiger partial charge in [0.25, 0.3) is 0 Å². The fourth-order valence-corrected chi connectivity index (χ4v) is 3.93. The molecule has 2 heterocycles. The van der Waals surface area contributed by atoms with E-state index in [2.05, 4.69) is 45.3 Å². The molecule has 3 aromatic carbocycles. The molecule has 0 atom stereocenters. The van der Waals surface area contributed by atoms with E-state index in [1.165, 1.54) is 23.2 Å². The first-order valence-electron chi connectivity index (χ1n) is 9.18. The van der Waals surface area contributed by atoms with Gasteiger partial charge in [0.15, 0.2) is 5.16 Å². The van der Waals surface area contributed by atoms with E-state index in [4.69, 9.17) is 0 Å². The molecule has 0 aliphatic heterocycles. The van der Waals surface area contributed by atoms with E-state index in [0.29, 0.717) is 22.1 Å². The van der Waals surface area contributed by atoms with Gasteiger partial charge in [0.2, 0.25) is 5.95 Å². The topological polar surface area (TPSA) is 38.7 Å². The normalized spacial score (nSPS) is 11.2. The van der Waals surface area contributed by atoms with Crippen LogP contribution in [0.5, 0.6) is 0 Å². The molecule has 0 radical (unpaired) electrons. The van der Waals surface area contributed by atoms with Crippen molar-refractivity contribution in [2.45, 2.75) is 5.16 Å². The summed E-state index contributed by atoms with van der Waals surface area (Å²) in [5.41, 5.74) is 2.85. The van der Waals surface area contributed by atoms with Crippen LogP contribution in [0.15, 0.2) is 84.1 Å². The summed E-state index contributed by atoms with van der Waals surface area (Å²) in [6.45, 7) is 0. The van der Waals surface area contributed by atoms with Crippen LogP contribution in [0.3, 0.4) is 0 Å². The third-order valence-electron chi connectivity index (χ3n) is 4.93. The Hall–Kier alpha value is -3.31. The quantitative estimate of drug-likeness (QED) is 0.153. The predicted octanol–water partition coefficient (Wildman–Crippen LogP) is 6.37. The third-order valence-corrected chi connectivity index (χ3v) is 5.49. The molecule has 140 valence electrons. The Morgan fingerprint density at radius 2 is 1.55 bits per heavy atom. The molecule has 0 fully saturated rings. The average molecular weight is 397 g/mol. The van der Waals surface area contributed by atoms with Gasteiger partial charge in [0, 0.05) is 23.4 Å². The van der Waals surface area contributed by atoms with Crippen LogP contribution in [0.1, 0.15) is 0 Å². The fraction of sp³-hybridized carbons (Fsp3) is 0.0417.